The third-order valence-corrected chi connectivity index (χ3v) is 3.33. The molecule has 0 fully saturated rings. The fourth-order valence-corrected chi connectivity index (χ4v) is 2.47. The van der Waals surface area contributed by atoms with Crippen LogP contribution in [0.25, 0.3) is 11.4 Å². The first kappa shape index (κ1) is 14.4. The van der Waals surface area contributed by atoms with E-state index in [1.165, 1.54) is 12.1 Å². The summed E-state index contributed by atoms with van der Waals surface area (Å²) >= 11 is 8.81. The number of halogens is 4. The van der Waals surface area contributed by atoms with E-state index in [0.717, 1.165) is 0 Å². The summed E-state index contributed by atoms with van der Waals surface area (Å²) in [6, 6.07) is 2.33. The van der Waals surface area contributed by atoms with Crippen molar-refractivity contribution < 1.29 is 8.78 Å². The van der Waals surface area contributed by atoms with Crippen molar-refractivity contribution in [1.82, 2.24) is 14.8 Å². The predicted octanol–water partition coefficient (Wildman–Crippen LogP) is 4.31. The first-order valence-corrected chi connectivity index (χ1v) is 6.93. The zero-order valence-electron chi connectivity index (χ0n) is 10.3. The maximum Gasteiger partial charge on any atom is 0.170 e. The van der Waals surface area contributed by atoms with Crippen molar-refractivity contribution in [3.8, 4) is 11.4 Å². The summed E-state index contributed by atoms with van der Waals surface area (Å²) < 4.78 is 29.9. The fraction of sp³-hybridized carbons (Fsp3) is 0.333. The topological polar surface area (TPSA) is 30.7 Å². The molecule has 3 nitrogen and oxygen atoms in total. The fourth-order valence-electron chi connectivity index (χ4n) is 1.88. The Morgan fingerprint density at radius 3 is 2.32 bits per heavy atom. The molecule has 0 aliphatic rings. The molecule has 7 heteroatoms. The zero-order valence-corrected chi connectivity index (χ0v) is 12.6. The highest BCUT2D eigenvalue weighted by Gasteiger charge is 2.22. The van der Waals surface area contributed by atoms with Gasteiger partial charge in [-0.1, -0.05) is 15.9 Å². The Morgan fingerprint density at radius 2 is 1.84 bits per heavy atom. The van der Waals surface area contributed by atoms with Gasteiger partial charge in [-0.15, -0.1) is 21.8 Å². The van der Waals surface area contributed by atoms with Crippen molar-refractivity contribution in [3.05, 3.63) is 34.1 Å². The minimum absolute atomic E-state index is 0.0544. The summed E-state index contributed by atoms with van der Waals surface area (Å²) in [5.41, 5.74) is -0.194. The Hall–Kier alpha value is -1.01. The smallest absolute Gasteiger partial charge is 0.170 e. The lowest BCUT2D eigenvalue weighted by Crippen LogP contribution is -2.08. The Morgan fingerprint density at radius 1 is 1.26 bits per heavy atom. The van der Waals surface area contributed by atoms with E-state index >= 15 is 0 Å². The molecule has 1 aromatic carbocycles. The summed E-state index contributed by atoms with van der Waals surface area (Å²) in [6.07, 6.45) is 0. The standard InChI is InChI=1S/C12H11BrClF2N3/c1-6(2)19-10(5-14)17-18-12(19)11-8(15)3-7(13)4-9(11)16/h3-4,6H,5H2,1-2H3. The molecular formula is C12H11BrClF2N3. The molecular weight excluding hydrogens is 340 g/mol. The van der Waals surface area contributed by atoms with E-state index in [1.807, 2.05) is 13.8 Å². The average Bonchev–Trinajstić information content (AvgIpc) is 2.71. The molecule has 2 rings (SSSR count). The molecule has 2 aromatic rings. The largest absolute Gasteiger partial charge is 0.307 e. The third-order valence-electron chi connectivity index (χ3n) is 2.63. The number of benzene rings is 1. The highest BCUT2D eigenvalue weighted by molar-refractivity contribution is 9.10. The number of alkyl halides is 1. The van der Waals surface area contributed by atoms with Gasteiger partial charge in [-0.25, -0.2) is 8.78 Å². The van der Waals surface area contributed by atoms with E-state index in [0.29, 0.717) is 10.3 Å². The highest BCUT2D eigenvalue weighted by atomic mass is 79.9. The number of nitrogens with zero attached hydrogens (tertiary/aromatic N) is 3. The van der Waals surface area contributed by atoms with Crippen LogP contribution in [0.2, 0.25) is 0 Å². The van der Waals surface area contributed by atoms with E-state index in [9.17, 15) is 8.78 Å². The van der Waals surface area contributed by atoms with E-state index in [-0.39, 0.29) is 23.3 Å². The molecule has 0 amide bonds. The van der Waals surface area contributed by atoms with Crippen LogP contribution in [0.1, 0.15) is 25.7 Å². The molecule has 19 heavy (non-hydrogen) atoms. The molecule has 0 saturated carbocycles. The van der Waals surface area contributed by atoms with Crippen molar-refractivity contribution in [1.29, 1.82) is 0 Å². The van der Waals surface area contributed by atoms with Crippen molar-refractivity contribution >= 4 is 27.5 Å². The van der Waals surface area contributed by atoms with Gasteiger partial charge in [0.1, 0.15) is 17.5 Å². The molecule has 0 atom stereocenters. The highest BCUT2D eigenvalue weighted by Crippen LogP contribution is 2.30. The zero-order chi connectivity index (χ0) is 14.2. The monoisotopic (exact) mass is 349 g/mol. The second-order valence-electron chi connectivity index (χ2n) is 4.28. The van der Waals surface area contributed by atoms with Crippen LogP contribution in [0.15, 0.2) is 16.6 Å². The lowest BCUT2D eigenvalue weighted by Gasteiger charge is -2.14. The molecule has 0 unspecified atom stereocenters. The maximum absolute atomic E-state index is 14.0. The Labute approximate surface area is 122 Å². The molecule has 0 saturated heterocycles. The lowest BCUT2D eigenvalue weighted by atomic mass is 10.1. The Bertz CT molecular complexity index is 590. The van der Waals surface area contributed by atoms with Crippen molar-refractivity contribution in [2.45, 2.75) is 25.8 Å². The number of hydrogen-bond donors (Lipinski definition) is 0. The van der Waals surface area contributed by atoms with Gasteiger partial charge in [-0.2, -0.15) is 0 Å². The molecule has 0 aliphatic heterocycles. The minimum atomic E-state index is -0.692. The molecule has 1 aromatic heterocycles. The van der Waals surface area contributed by atoms with Gasteiger partial charge in [0.25, 0.3) is 0 Å². The first-order valence-electron chi connectivity index (χ1n) is 5.60. The summed E-state index contributed by atoms with van der Waals surface area (Å²) in [5.74, 6) is -0.628. The second kappa shape index (κ2) is 5.54. The Kier molecular flexibility index (Phi) is 4.20. The second-order valence-corrected chi connectivity index (χ2v) is 5.46. The summed E-state index contributed by atoms with van der Waals surface area (Å²) in [6.45, 7) is 3.75. The Balaban J connectivity index is 2.69. The predicted molar refractivity (Wildman–Crippen MR) is 73.0 cm³/mol. The minimum Gasteiger partial charge on any atom is -0.307 e. The average molecular weight is 351 g/mol. The molecule has 0 N–H and O–H groups in total. The van der Waals surface area contributed by atoms with E-state index in [2.05, 4.69) is 26.1 Å². The number of hydrogen-bond acceptors (Lipinski definition) is 2. The van der Waals surface area contributed by atoms with Crippen LogP contribution in [0.3, 0.4) is 0 Å². The normalized spacial score (nSPS) is 11.3. The van der Waals surface area contributed by atoms with Crippen molar-refractivity contribution in [2.24, 2.45) is 0 Å². The van der Waals surface area contributed by atoms with E-state index < -0.39 is 11.6 Å². The van der Waals surface area contributed by atoms with Crippen LogP contribution in [-0.4, -0.2) is 14.8 Å². The van der Waals surface area contributed by atoms with Gasteiger partial charge in [-0.05, 0) is 26.0 Å². The van der Waals surface area contributed by atoms with Crippen molar-refractivity contribution in [2.75, 3.05) is 0 Å². The summed E-state index contributed by atoms with van der Waals surface area (Å²) in [7, 11) is 0. The van der Waals surface area contributed by atoms with Gasteiger partial charge in [0.2, 0.25) is 0 Å². The molecule has 0 aliphatic carbocycles. The SMILES string of the molecule is CC(C)n1c(CCl)nnc1-c1c(F)cc(Br)cc1F. The van der Waals surface area contributed by atoms with Crippen LogP contribution < -0.4 is 0 Å². The lowest BCUT2D eigenvalue weighted by molar-refractivity contribution is 0.562. The van der Waals surface area contributed by atoms with Gasteiger partial charge >= 0.3 is 0 Å². The van der Waals surface area contributed by atoms with Crippen molar-refractivity contribution in [3.63, 3.8) is 0 Å². The van der Waals surface area contributed by atoms with Crippen LogP contribution in [0.5, 0.6) is 0 Å². The first-order chi connectivity index (χ1) is 8.95. The van der Waals surface area contributed by atoms with Gasteiger partial charge in [-0.3, -0.25) is 0 Å². The summed E-state index contributed by atoms with van der Waals surface area (Å²) in [5, 5.41) is 7.74. The molecule has 1 heterocycles. The van der Waals surface area contributed by atoms with Crippen LogP contribution >= 0.6 is 27.5 Å². The molecule has 0 radical (unpaired) electrons. The quantitative estimate of drug-likeness (QED) is 0.773. The number of aromatic nitrogens is 3. The third kappa shape index (κ3) is 2.65. The molecule has 102 valence electrons. The van der Waals surface area contributed by atoms with E-state index in [1.54, 1.807) is 4.57 Å². The van der Waals surface area contributed by atoms with Crippen LogP contribution in [0, 0.1) is 11.6 Å². The van der Waals surface area contributed by atoms with Gasteiger partial charge in [0, 0.05) is 10.5 Å². The molecule has 0 spiro atoms. The van der Waals surface area contributed by atoms with Gasteiger partial charge in [0.15, 0.2) is 5.82 Å². The molecule has 0 bridgehead atoms. The van der Waals surface area contributed by atoms with Crippen LogP contribution in [-0.2, 0) is 5.88 Å². The van der Waals surface area contributed by atoms with Crippen LogP contribution in [0.4, 0.5) is 8.78 Å². The van der Waals surface area contributed by atoms with E-state index in [4.69, 9.17) is 11.6 Å². The summed E-state index contributed by atoms with van der Waals surface area (Å²) in [4.78, 5) is 0. The maximum atomic E-state index is 14.0. The van der Waals surface area contributed by atoms with Gasteiger partial charge in [0.05, 0.1) is 11.4 Å². The van der Waals surface area contributed by atoms with Gasteiger partial charge < -0.3 is 4.57 Å². The number of rotatable bonds is 3.